The molecule has 0 bridgehead atoms. The lowest BCUT2D eigenvalue weighted by atomic mass is 10.1. The molecule has 144 valence electrons. The minimum atomic E-state index is -0.678. The number of ether oxygens (including phenoxy) is 1. The zero-order valence-corrected chi connectivity index (χ0v) is 16.4. The van der Waals surface area contributed by atoms with Crippen LogP contribution < -0.4 is 15.4 Å². The van der Waals surface area contributed by atoms with Crippen molar-refractivity contribution >= 4 is 29.1 Å². The van der Waals surface area contributed by atoms with E-state index in [2.05, 4.69) is 17.6 Å². The van der Waals surface area contributed by atoms with Crippen molar-refractivity contribution in [1.82, 2.24) is 5.32 Å². The van der Waals surface area contributed by atoms with Crippen molar-refractivity contribution in [2.24, 2.45) is 0 Å². The SMILES string of the molecule is CCCCNC(=O)c1ccccc1NC(=O)[C@@H](CC)Oc1ccc(Cl)cc1. The summed E-state index contributed by atoms with van der Waals surface area (Å²) in [6.45, 7) is 4.53. The van der Waals surface area contributed by atoms with Gasteiger partial charge in [0.2, 0.25) is 0 Å². The number of carbonyl (C=O) groups is 2. The second kappa shape index (κ2) is 10.6. The number of rotatable bonds is 9. The molecular weight excluding hydrogens is 364 g/mol. The lowest BCUT2D eigenvalue weighted by molar-refractivity contribution is -0.122. The molecule has 0 saturated carbocycles. The Morgan fingerprint density at radius 3 is 2.44 bits per heavy atom. The van der Waals surface area contributed by atoms with Gasteiger partial charge in [-0.05, 0) is 49.2 Å². The Morgan fingerprint density at radius 2 is 1.78 bits per heavy atom. The van der Waals surface area contributed by atoms with Gasteiger partial charge in [0.05, 0.1) is 11.3 Å². The molecule has 2 amide bonds. The van der Waals surface area contributed by atoms with Crippen LogP contribution in [-0.2, 0) is 4.79 Å². The van der Waals surface area contributed by atoms with Gasteiger partial charge >= 0.3 is 0 Å². The molecule has 0 radical (unpaired) electrons. The summed E-state index contributed by atoms with van der Waals surface area (Å²) in [6.07, 6.45) is 1.72. The van der Waals surface area contributed by atoms with Crippen LogP contribution in [0, 0.1) is 0 Å². The summed E-state index contributed by atoms with van der Waals surface area (Å²) in [5, 5.41) is 6.28. The maximum absolute atomic E-state index is 12.7. The maximum Gasteiger partial charge on any atom is 0.265 e. The fourth-order valence-corrected chi connectivity index (χ4v) is 2.60. The van der Waals surface area contributed by atoms with Gasteiger partial charge in [-0.3, -0.25) is 9.59 Å². The number of carbonyl (C=O) groups excluding carboxylic acids is 2. The predicted octanol–water partition coefficient (Wildman–Crippen LogP) is 4.67. The minimum absolute atomic E-state index is 0.203. The van der Waals surface area contributed by atoms with Crippen LogP contribution in [0.2, 0.25) is 5.02 Å². The average molecular weight is 389 g/mol. The van der Waals surface area contributed by atoms with E-state index in [0.717, 1.165) is 12.8 Å². The van der Waals surface area contributed by atoms with E-state index >= 15 is 0 Å². The molecule has 0 saturated heterocycles. The average Bonchev–Trinajstić information content (AvgIpc) is 2.68. The first-order valence-electron chi connectivity index (χ1n) is 9.15. The summed E-state index contributed by atoms with van der Waals surface area (Å²) in [5.74, 6) is 0.0549. The van der Waals surface area contributed by atoms with Crippen LogP contribution in [-0.4, -0.2) is 24.5 Å². The molecule has 0 spiro atoms. The number of hydrogen-bond acceptors (Lipinski definition) is 3. The summed E-state index contributed by atoms with van der Waals surface area (Å²) >= 11 is 5.87. The zero-order valence-electron chi connectivity index (χ0n) is 15.6. The van der Waals surface area contributed by atoms with Crippen LogP contribution >= 0.6 is 11.6 Å². The number of anilines is 1. The summed E-state index contributed by atoms with van der Waals surface area (Å²) in [5.41, 5.74) is 0.901. The highest BCUT2D eigenvalue weighted by atomic mass is 35.5. The van der Waals surface area contributed by atoms with E-state index in [9.17, 15) is 9.59 Å². The predicted molar refractivity (Wildman–Crippen MR) is 108 cm³/mol. The second-order valence-electron chi connectivity index (χ2n) is 6.11. The molecule has 2 aromatic rings. The largest absolute Gasteiger partial charge is 0.481 e. The van der Waals surface area contributed by atoms with E-state index in [1.54, 1.807) is 48.5 Å². The van der Waals surface area contributed by atoms with Gasteiger partial charge in [0, 0.05) is 11.6 Å². The van der Waals surface area contributed by atoms with E-state index in [1.165, 1.54) is 0 Å². The van der Waals surface area contributed by atoms with Crippen molar-refractivity contribution in [3.63, 3.8) is 0 Å². The fourth-order valence-electron chi connectivity index (χ4n) is 2.48. The van der Waals surface area contributed by atoms with Crippen molar-refractivity contribution in [2.75, 3.05) is 11.9 Å². The number of benzene rings is 2. The van der Waals surface area contributed by atoms with Gasteiger partial charge in [-0.1, -0.05) is 44.0 Å². The molecule has 0 aliphatic carbocycles. The molecule has 5 nitrogen and oxygen atoms in total. The van der Waals surface area contributed by atoms with Crippen LogP contribution in [0.4, 0.5) is 5.69 Å². The highest BCUT2D eigenvalue weighted by molar-refractivity contribution is 6.30. The molecular formula is C21H25ClN2O3. The first-order chi connectivity index (χ1) is 13.0. The topological polar surface area (TPSA) is 67.4 Å². The van der Waals surface area contributed by atoms with Crippen molar-refractivity contribution in [2.45, 2.75) is 39.2 Å². The lowest BCUT2D eigenvalue weighted by Crippen LogP contribution is -2.33. The van der Waals surface area contributed by atoms with E-state index < -0.39 is 6.10 Å². The van der Waals surface area contributed by atoms with Crippen molar-refractivity contribution < 1.29 is 14.3 Å². The van der Waals surface area contributed by atoms with E-state index in [0.29, 0.717) is 35.0 Å². The maximum atomic E-state index is 12.7. The molecule has 1 atom stereocenters. The second-order valence-corrected chi connectivity index (χ2v) is 6.55. The Morgan fingerprint density at radius 1 is 1.07 bits per heavy atom. The van der Waals surface area contributed by atoms with Gasteiger partial charge in [-0.2, -0.15) is 0 Å². The number of amides is 2. The Balaban J connectivity index is 2.07. The molecule has 0 aliphatic rings. The third kappa shape index (κ3) is 6.29. The minimum Gasteiger partial charge on any atom is -0.481 e. The van der Waals surface area contributed by atoms with Crippen molar-refractivity contribution in [1.29, 1.82) is 0 Å². The molecule has 2 aromatic carbocycles. The molecule has 2 N–H and O–H groups in total. The molecule has 0 aliphatic heterocycles. The van der Waals surface area contributed by atoms with E-state index in [4.69, 9.17) is 16.3 Å². The van der Waals surface area contributed by atoms with Crippen LogP contribution in [0.5, 0.6) is 5.75 Å². The highest BCUT2D eigenvalue weighted by Crippen LogP contribution is 2.20. The van der Waals surface area contributed by atoms with Crippen molar-refractivity contribution in [3.05, 3.63) is 59.1 Å². The zero-order chi connectivity index (χ0) is 19.6. The molecule has 0 unspecified atom stereocenters. The van der Waals surface area contributed by atoms with Crippen LogP contribution in [0.25, 0.3) is 0 Å². The Bertz CT molecular complexity index is 762. The normalized spacial score (nSPS) is 11.5. The first-order valence-corrected chi connectivity index (χ1v) is 9.53. The summed E-state index contributed by atoms with van der Waals surface area (Å²) in [7, 11) is 0. The van der Waals surface area contributed by atoms with Crippen molar-refractivity contribution in [3.8, 4) is 5.75 Å². The fraction of sp³-hybridized carbons (Fsp3) is 0.333. The summed E-state index contributed by atoms with van der Waals surface area (Å²) in [4.78, 5) is 25.0. The van der Waals surface area contributed by atoms with Crippen LogP contribution in [0.15, 0.2) is 48.5 Å². The molecule has 6 heteroatoms. The van der Waals surface area contributed by atoms with E-state index in [1.807, 2.05) is 6.92 Å². The highest BCUT2D eigenvalue weighted by Gasteiger charge is 2.21. The number of hydrogen-bond donors (Lipinski definition) is 2. The monoisotopic (exact) mass is 388 g/mol. The lowest BCUT2D eigenvalue weighted by Gasteiger charge is -2.18. The summed E-state index contributed by atoms with van der Waals surface area (Å²) in [6, 6.07) is 13.8. The Kier molecular flexibility index (Phi) is 8.14. The standard InChI is InChI=1S/C21H25ClN2O3/c1-3-5-14-23-20(25)17-8-6-7-9-18(17)24-21(26)19(4-2)27-16-12-10-15(22)11-13-16/h6-13,19H,3-5,14H2,1-2H3,(H,23,25)(H,24,26)/t19-/m1/s1. The Hall–Kier alpha value is -2.53. The third-order valence-electron chi connectivity index (χ3n) is 4.00. The first kappa shape index (κ1) is 20.8. The van der Waals surface area contributed by atoms with E-state index in [-0.39, 0.29) is 11.8 Å². The smallest absolute Gasteiger partial charge is 0.265 e. The Labute approximate surface area is 165 Å². The molecule has 0 heterocycles. The quantitative estimate of drug-likeness (QED) is 0.613. The molecule has 2 rings (SSSR count). The van der Waals surface area contributed by atoms with Gasteiger partial charge < -0.3 is 15.4 Å². The van der Waals surface area contributed by atoms with Gasteiger partial charge in [-0.15, -0.1) is 0 Å². The molecule has 0 aromatic heterocycles. The van der Waals surface area contributed by atoms with Gasteiger partial charge in [0.25, 0.3) is 11.8 Å². The van der Waals surface area contributed by atoms with Gasteiger partial charge in [-0.25, -0.2) is 0 Å². The van der Waals surface area contributed by atoms with Gasteiger partial charge in [0.1, 0.15) is 5.75 Å². The number of para-hydroxylation sites is 1. The van der Waals surface area contributed by atoms with Crippen LogP contribution in [0.1, 0.15) is 43.5 Å². The summed E-state index contributed by atoms with van der Waals surface area (Å²) < 4.78 is 5.76. The third-order valence-corrected chi connectivity index (χ3v) is 4.25. The number of unbranched alkanes of at least 4 members (excludes halogenated alkanes) is 1. The molecule has 0 fully saturated rings. The van der Waals surface area contributed by atoms with Crippen LogP contribution in [0.3, 0.4) is 0 Å². The molecule has 27 heavy (non-hydrogen) atoms. The van der Waals surface area contributed by atoms with Gasteiger partial charge in [0.15, 0.2) is 6.10 Å². The number of nitrogens with one attached hydrogen (secondary N) is 2. The number of halogens is 1.